The third kappa shape index (κ3) is 4.77. The van der Waals surface area contributed by atoms with Crippen molar-refractivity contribution in [2.75, 3.05) is 0 Å². The number of nitrogens with two attached hydrogens (primary N) is 1. The Bertz CT molecular complexity index is 81.3. The van der Waals surface area contributed by atoms with Crippen LogP contribution < -0.4 is 5.73 Å². The summed E-state index contributed by atoms with van der Waals surface area (Å²) in [7, 11) is 0. The minimum atomic E-state index is -0.898. The Morgan fingerprint density at radius 1 is 1.20 bits per heavy atom. The molecule has 1 atom stereocenters. The van der Waals surface area contributed by atoms with E-state index in [-0.39, 0.29) is 0 Å². The van der Waals surface area contributed by atoms with Crippen LogP contribution in [0.5, 0.6) is 0 Å². The van der Waals surface area contributed by atoms with Crippen molar-refractivity contribution in [1.82, 2.24) is 0 Å². The van der Waals surface area contributed by atoms with Gasteiger partial charge in [-0.05, 0) is 19.3 Å². The molecule has 0 rings (SSSR count). The molecular formula is C8H19NO. The van der Waals surface area contributed by atoms with Crippen LogP contribution in [-0.2, 0) is 0 Å². The molecule has 0 saturated carbocycles. The monoisotopic (exact) mass is 145 g/mol. The highest BCUT2D eigenvalue weighted by Crippen LogP contribution is 2.13. The van der Waals surface area contributed by atoms with Crippen molar-refractivity contribution in [3.63, 3.8) is 0 Å². The lowest BCUT2D eigenvalue weighted by Crippen LogP contribution is -2.39. The summed E-state index contributed by atoms with van der Waals surface area (Å²) in [6.07, 6.45) is 4.53. The fourth-order valence-electron chi connectivity index (χ4n) is 1.04. The fourth-order valence-corrected chi connectivity index (χ4v) is 1.04. The van der Waals surface area contributed by atoms with E-state index in [2.05, 4.69) is 6.92 Å². The van der Waals surface area contributed by atoms with Gasteiger partial charge in [0.2, 0.25) is 0 Å². The lowest BCUT2D eigenvalue weighted by Gasteiger charge is -2.21. The number of rotatable bonds is 5. The third-order valence-corrected chi connectivity index (χ3v) is 1.65. The number of aliphatic hydroxyl groups is 1. The second kappa shape index (κ2) is 4.69. The van der Waals surface area contributed by atoms with Gasteiger partial charge in [-0.15, -0.1) is 0 Å². The van der Waals surface area contributed by atoms with Crippen molar-refractivity contribution in [1.29, 1.82) is 0 Å². The molecule has 0 aromatic carbocycles. The topological polar surface area (TPSA) is 46.2 Å². The molecule has 0 spiro atoms. The van der Waals surface area contributed by atoms with Gasteiger partial charge in [-0.3, -0.25) is 0 Å². The van der Waals surface area contributed by atoms with Gasteiger partial charge in [0.25, 0.3) is 0 Å². The van der Waals surface area contributed by atoms with Gasteiger partial charge in [0.1, 0.15) is 5.72 Å². The zero-order valence-corrected chi connectivity index (χ0v) is 7.06. The van der Waals surface area contributed by atoms with E-state index in [0.29, 0.717) is 6.42 Å². The number of hydrogen-bond acceptors (Lipinski definition) is 2. The molecule has 0 aromatic heterocycles. The first-order valence-corrected chi connectivity index (χ1v) is 4.13. The Kier molecular flexibility index (Phi) is 4.65. The van der Waals surface area contributed by atoms with Crippen molar-refractivity contribution >= 4 is 0 Å². The Morgan fingerprint density at radius 2 is 1.80 bits per heavy atom. The second-order valence-corrected chi connectivity index (χ2v) is 2.96. The maximum atomic E-state index is 9.42. The molecule has 0 aromatic rings. The summed E-state index contributed by atoms with van der Waals surface area (Å²) in [4.78, 5) is 0. The number of unbranched alkanes of at least 4 members (excludes halogenated alkanes) is 1. The van der Waals surface area contributed by atoms with Crippen molar-refractivity contribution < 1.29 is 5.11 Å². The van der Waals surface area contributed by atoms with Crippen molar-refractivity contribution in [3.05, 3.63) is 0 Å². The second-order valence-electron chi connectivity index (χ2n) is 2.96. The first-order chi connectivity index (χ1) is 4.62. The molecule has 62 valence electrons. The fraction of sp³-hybridized carbons (Fsp3) is 1.00. The maximum absolute atomic E-state index is 9.42. The van der Waals surface area contributed by atoms with E-state index in [9.17, 15) is 5.11 Å². The minimum Gasteiger partial charge on any atom is -0.376 e. The largest absolute Gasteiger partial charge is 0.376 e. The van der Waals surface area contributed by atoms with Crippen molar-refractivity contribution in [2.24, 2.45) is 5.73 Å². The van der Waals surface area contributed by atoms with E-state index < -0.39 is 5.72 Å². The SMILES string of the molecule is CCCCC(N)(O)CCC. The van der Waals surface area contributed by atoms with Crippen LogP contribution in [0.1, 0.15) is 46.0 Å². The van der Waals surface area contributed by atoms with E-state index in [1.165, 1.54) is 0 Å². The summed E-state index contributed by atoms with van der Waals surface area (Å²) >= 11 is 0. The van der Waals surface area contributed by atoms with Crippen LogP contribution in [0.15, 0.2) is 0 Å². The molecule has 0 amide bonds. The Balaban J connectivity index is 3.42. The molecule has 0 heterocycles. The van der Waals surface area contributed by atoms with Gasteiger partial charge in [0.15, 0.2) is 0 Å². The highest BCUT2D eigenvalue weighted by atomic mass is 16.3. The minimum absolute atomic E-state index is 0.715. The Morgan fingerprint density at radius 3 is 2.20 bits per heavy atom. The van der Waals surface area contributed by atoms with E-state index in [1.807, 2.05) is 6.92 Å². The predicted octanol–water partition coefficient (Wildman–Crippen LogP) is 1.62. The molecule has 0 bridgehead atoms. The first kappa shape index (κ1) is 9.92. The van der Waals surface area contributed by atoms with E-state index in [1.54, 1.807) is 0 Å². The summed E-state index contributed by atoms with van der Waals surface area (Å²) in [5.74, 6) is 0. The van der Waals surface area contributed by atoms with E-state index in [0.717, 1.165) is 25.7 Å². The molecule has 1 unspecified atom stereocenters. The molecule has 0 aliphatic carbocycles. The normalized spacial score (nSPS) is 16.8. The average molecular weight is 145 g/mol. The zero-order chi connectivity index (χ0) is 8.04. The lowest BCUT2D eigenvalue weighted by molar-refractivity contribution is 0.0264. The zero-order valence-electron chi connectivity index (χ0n) is 7.06. The van der Waals surface area contributed by atoms with E-state index in [4.69, 9.17) is 5.73 Å². The standard InChI is InChI=1S/C8H19NO/c1-3-5-7-8(9,10)6-4-2/h10H,3-7,9H2,1-2H3. The Hall–Kier alpha value is -0.0800. The summed E-state index contributed by atoms with van der Waals surface area (Å²) in [5, 5.41) is 9.42. The summed E-state index contributed by atoms with van der Waals surface area (Å²) in [5.41, 5.74) is 4.67. The van der Waals surface area contributed by atoms with Crippen LogP contribution in [0.4, 0.5) is 0 Å². The van der Waals surface area contributed by atoms with Crippen LogP contribution in [0.3, 0.4) is 0 Å². The smallest absolute Gasteiger partial charge is 0.113 e. The maximum Gasteiger partial charge on any atom is 0.113 e. The molecule has 10 heavy (non-hydrogen) atoms. The van der Waals surface area contributed by atoms with Gasteiger partial charge in [-0.2, -0.15) is 0 Å². The molecule has 0 fully saturated rings. The van der Waals surface area contributed by atoms with Crippen LogP contribution in [0.25, 0.3) is 0 Å². The quantitative estimate of drug-likeness (QED) is 0.577. The summed E-state index contributed by atoms with van der Waals surface area (Å²) in [6.45, 7) is 4.13. The van der Waals surface area contributed by atoms with Gasteiger partial charge in [-0.25, -0.2) is 0 Å². The molecule has 0 aliphatic heterocycles. The lowest BCUT2D eigenvalue weighted by atomic mass is 10.0. The molecule has 0 radical (unpaired) electrons. The van der Waals surface area contributed by atoms with Crippen molar-refractivity contribution in [3.8, 4) is 0 Å². The third-order valence-electron chi connectivity index (χ3n) is 1.65. The van der Waals surface area contributed by atoms with Crippen LogP contribution >= 0.6 is 0 Å². The van der Waals surface area contributed by atoms with Crippen LogP contribution in [0, 0.1) is 0 Å². The van der Waals surface area contributed by atoms with Gasteiger partial charge >= 0.3 is 0 Å². The first-order valence-electron chi connectivity index (χ1n) is 4.13. The predicted molar refractivity (Wildman–Crippen MR) is 43.6 cm³/mol. The molecular weight excluding hydrogens is 126 g/mol. The highest BCUT2D eigenvalue weighted by Gasteiger charge is 2.17. The Labute approximate surface area is 63.4 Å². The highest BCUT2D eigenvalue weighted by molar-refractivity contribution is 4.68. The van der Waals surface area contributed by atoms with Crippen LogP contribution in [-0.4, -0.2) is 10.8 Å². The average Bonchev–Trinajstić information content (AvgIpc) is 1.84. The molecule has 0 saturated heterocycles. The molecule has 3 N–H and O–H groups in total. The molecule has 2 nitrogen and oxygen atoms in total. The summed E-state index contributed by atoms with van der Waals surface area (Å²) < 4.78 is 0. The van der Waals surface area contributed by atoms with Gasteiger partial charge in [0, 0.05) is 0 Å². The van der Waals surface area contributed by atoms with E-state index >= 15 is 0 Å². The van der Waals surface area contributed by atoms with Crippen molar-refractivity contribution in [2.45, 2.75) is 51.7 Å². The van der Waals surface area contributed by atoms with Gasteiger partial charge in [-0.1, -0.05) is 26.7 Å². The van der Waals surface area contributed by atoms with Gasteiger partial charge < -0.3 is 10.8 Å². The van der Waals surface area contributed by atoms with Gasteiger partial charge in [0.05, 0.1) is 0 Å². The molecule has 0 aliphatic rings. The number of hydrogen-bond donors (Lipinski definition) is 2. The summed E-state index contributed by atoms with van der Waals surface area (Å²) in [6, 6.07) is 0. The van der Waals surface area contributed by atoms with Crippen LogP contribution in [0.2, 0.25) is 0 Å². The molecule has 2 heteroatoms.